The monoisotopic (exact) mass is 426 g/mol. The Morgan fingerprint density at radius 3 is 2.58 bits per heavy atom. The predicted octanol–water partition coefficient (Wildman–Crippen LogP) is 2.80. The maximum Gasteiger partial charge on any atom is 0.295 e. The number of hydrogen-bond acceptors (Lipinski definition) is 6. The fourth-order valence-electron chi connectivity index (χ4n) is 3.83. The van der Waals surface area contributed by atoms with Gasteiger partial charge in [0.2, 0.25) is 0 Å². The molecule has 166 valence electrons. The molecule has 1 saturated heterocycles. The highest BCUT2D eigenvalue weighted by atomic mass is 16.5. The van der Waals surface area contributed by atoms with Crippen LogP contribution in [-0.4, -0.2) is 70.1 Å². The molecule has 8 heteroatoms. The van der Waals surface area contributed by atoms with Crippen LogP contribution in [0.2, 0.25) is 0 Å². The van der Waals surface area contributed by atoms with Crippen LogP contribution >= 0.6 is 0 Å². The number of aromatic amines is 1. The number of nitrogens with zero attached hydrogens (tertiary/aromatic N) is 3. The van der Waals surface area contributed by atoms with E-state index in [1.165, 1.54) is 4.90 Å². The molecule has 0 saturated carbocycles. The molecule has 1 aliphatic rings. The van der Waals surface area contributed by atoms with Crippen molar-refractivity contribution in [1.29, 1.82) is 0 Å². The van der Waals surface area contributed by atoms with Crippen molar-refractivity contribution in [1.82, 2.24) is 20.0 Å². The Morgan fingerprint density at radius 1 is 1.29 bits per heavy atom. The molecule has 0 bridgehead atoms. The number of H-pyrrole nitrogens is 1. The molecule has 2 heterocycles. The third-order valence-electron chi connectivity index (χ3n) is 5.24. The van der Waals surface area contributed by atoms with Crippen LogP contribution in [0, 0.1) is 13.8 Å². The van der Waals surface area contributed by atoms with E-state index >= 15 is 0 Å². The van der Waals surface area contributed by atoms with Crippen LogP contribution < -0.4 is 4.74 Å². The van der Waals surface area contributed by atoms with Gasteiger partial charge in [0.15, 0.2) is 0 Å². The van der Waals surface area contributed by atoms with Crippen molar-refractivity contribution in [2.45, 2.75) is 39.8 Å². The topological polar surface area (TPSA) is 98.8 Å². The van der Waals surface area contributed by atoms with Crippen molar-refractivity contribution >= 4 is 17.4 Å². The average Bonchev–Trinajstić information content (AvgIpc) is 3.15. The number of likely N-dealkylation sites (tertiary alicyclic amines) is 1. The normalized spacial score (nSPS) is 18.5. The van der Waals surface area contributed by atoms with Gasteiger partial charge in [-0.3, -0.25) is 14.7 Å². The number of nitrogens with one attached hydrogen (secondary N) is 1. The Balaban J connectivity index is 2.17. The number of rotatable bonds is 7. The minimum absolute atomic E-state index is 0.0217. The van der Waals surface area contributed by atoms with Crippen LogP contribution in [-0.2, 0) is 9.59 Å². The third-order valence-corrected chi connectivity index (χ3v) is 5.24. The summed E-state index contributed by atoms with van der Waals surface area (Å²) in [5, 5.41) is 18.1. The lowest BCUT2D eigenvalue weighted by molar-refractivity contribution is -0.140. The zero-order chi connectivity index (χ0) is 22.9. The molecule has 1 atom stereocenters. The molecule has 0 radical (unpaired) electrons. The molecular formula is C23H30N4O4. The average molecular weight is 427 g/mol. The molecule has 1 amide bonds. The number of carbonyl (C=O) groups is 2. The van der Waals surface area contributed by atoms with Gasteiger partial charge in [-0.2, -0.15) is 5.10 Å². The number of Topliss-reactive ketones (excluding diaryl/α,β-unsaturated/α-hetero) is 1. The van der Waals surface area contributed by atoms with Gasteiger partial charge >= 0.3 is 0 Å². The maximum atomic E-state index is 13.1. The van der Waals surface area contributed by atoms with Crippen molar-refractivity contribution in [3.8, 4) is 5.75 Å². The van der Waals surface area contributed by atoms with Crippen molar-refractivity contribution in [2.75, 3.05) is 27.2 Å². The van der Waals surface area contributed by atoms with E-state index in [1.807, 2.05) is 57.1 Å². The van der Waals surface area contributed by atoms with Crippen LogP contribution in [0.1, 0.15) is 42.4 Å². The Morgan fingerprint density at radius 2 is 2.00 bits per heavy atom. The van der Waals surface area contributed by atoms with E-state index in [2.05, 4.69) is 10.2 Å². The van der Waals surface area contributed by atoms with E-state index in [9.17, 15) is 14.7 Å². The first-order valence-electron chi connectivity index (χ1n) is 10.3. The molecule has 3 rings (SSSR count). The number of aromatic nitrogens is 2. The van der Waals surface area contributed by atoms with Crippen LogP contribution in [0.3, 0.4) is 0 Å². The van der Waals surface area contributed by atoms with Gasteiger partial charge in [0, 0.05) is 18.8 Å². The number of carbonyl (C=O) groups excluding carboxylic acids is 2. The highest BCUT2D eigenvalue weighted by Crippen LogP contribution is 2.40. The van der Waals surface area contributed by atoms with E-state index in [0.717, 1.165) is 0 Å². The van der Waals surface area contributed by atoms with Crippen LogP contribution in [0.25, 0.3) is 5.76 Å². The van der Waals surface area contributed by atoms with Gasteiger partial charge in [-0.05, 0) is 59.5 Å². The van der Waals surface area contributed by atoms with Crippen LogP contribution in [0.4, 0.5) is 0 Å². The summed E-state index contributed by atoms with van der Waals surface area (Å²) in [6.45, 7) is 8.30. The van der Waals surface area contributed by atoms with Gasteiger partial charge in [0.05, 0.1) is 29.0 Å². The van der Waals surface area contributed by atoms with Crippen molar-refractivity contribution in [2.24, 2.45) is 0 Å². The second-order valence-electron chi connectivity index (χ2n) is 8.34. The fourth-order valence-corrected chi connectivity index (χ4v) is 3.83. The molecule has 1 aromatic heterocycles. The summed E-state index contributed by atoms with van der Waals surface area (Å²) in [5.41, 5.74) is 2.41. The number of ether oxygens (including phenoxy) is 1. The molecule has 0 aliphatic carbocycles. The predicted molar refractivity (Wildman–Crippen MR) is 118 cm³/mol. The van der Waals surface area contributed by atoms with Gasteiger partial charge in [0.25, 0.3) is 11.7 Å². The summed E-state index contributed by atoms with van der Waals surface area (Å²) in [6, 6.07) is 6.60. The number of amides is 1. The number of benzene rings is 1. The largest absolute Gasteiger partial charge is 0.507 e. The highest BCUT2D eigenvalue weighted by Gasteiger charge is 2.46. The number of aliphatic hydroxyl groups excluding tert-OH is 1. The molecule has 8 nitrogen and oxygen atoms in total. The standard InChI is InChI=1S/C23H30N4O4/c1-13(2)31-17-9-7-8-16(12-17)20-19(21(28)18-14(3)24-25-15(18)4)22(29)23(30)27(20)11-10-26(5)6/h7-9,12-13,20,28H,10-11H2,1-6H3,(H,24,25)/t20-/m1/s1. The lowest BCUT2D eigenvalue weighted by Gasteiger charge is -2.27. The first-order valence-corrected chi connectivity index (χ1v) is 10.3. The van der Waals surface area contributed by atoms with Crippen LogP contribution in [0.15, 0.2) is 29.8 Å². The van der Waals surface area contributed by atoms with Gasteiger partial charge < -0.3 is 19.6 Å². The zero-order valence-corrected chi connectivity index (χ0v) is 18.9. The smallest absolute Gasteiger partial charge is 0.295 e. The van der Waals surface area contributed by atoms with E-state index in [0.29, 0.717) is 41.4 Å². The second-order valence-corrected chi connectivity index (χ2v) is 8.34. The summed E-state index contributed by atoms with van der Waals surface area (Å²) < 4.78 is 5.82. The number of aliphatic hydroxyl groups is 1. The highest BCUT2D eigenvalue weighted by molar-refractivity contribution is 6.46. The van der Waals surface area contributed by atoms with E-state index in [-0.39, 0.29) is 17.4 Å². The summed E-state index contributed by atoms with van der Waals surface area (Å²) in [6.07, 6.45) is -0.0217. The molecule has 1 aliphatic heterocycles. The molecule has 0 spiro atoms. The number of ketones is 1. The zero-order valence-electron chi connectivity index (χ0n) is 18.9. The summed E-state index contributed by atoms with van der Waals surface area (Å²) in [7, 11) is 3.81. The van der Waals surface area contributed by atoms with Gasteiger partial charge in [0.1, 0.15) is 11.5 Å². The molecule has 1 aromatic carbocycles. The Hall–Kier alpha value is -3.13. The van der Waals surface area contributed by atoms with E-state index in [1.54, 1.807) is 13.8 Å². The summed E-state index contributed by atoms with van der Waals surface area (Å²) in [5.74, 6) is -0.894. The first kappa shape index (κ1) is 22.6. The molecule has 2 aromatic rings. The molecule has 2 N–H and O–H groups in total. The lowest BCUT2D eigenvalue weighted by atomic mass is 9.94. The molecule has 0 unspecified atom stereocenters. The van der Waals surface area contributed by atoms with Gasteiger partial charge in [-0.15, -0.1) is 0 Å². The van der Waals surface area contributed by atoms with Crippen LogP contribution in [0.5, 0.6) is 5.75 Å². The summed E-state index contributed by atoms with van der Waals surface area (Å²) in [4.78, 5) is 29.5. The van der Waals surface area contributed by atoms with Gasteiger partial charge in [-0.1, -0.05) is 12.1 Å². The summed E-state index contributed by atoms with van der Waals surface area (Å²) >= 11 is 0. The number of aryl methyl sites for hydroxylation is 2. The van der Waals surface area contributed by atoms with Crippen molar-refractivity contribution < 1.29 is 19.4 Å². The minimum Gasteiger partial charge on any atom is -0.507 e. The van der Waals surface area contributed by atoms with Crippen molar-refractivity contribution in [3.63, 3.8) is 0 Å². The molecule has 1 fully saturated rings. The second kappa shape index (κ2) is 8.93. The quantitative estimate of drug-likeness (QED) is 0.401. The molecule has 31 heavy (non-hydrogen) atoms. The van der Waals surface area contributed by atoms with Crippen molar-refractivity contribution in [3.05, 3.63) is 52.4 Å². The first-order chi connectivity index (χ1) is 14.6. The van der Waals surface area contributed by atoms with Gasteiger partial charge in [-0.25, -0.2) is 0 Å². The minimum atomic E-state index is -0.718. The van der Waals surface area contributed by atoms with E-state index < -0.39 is 17.7 Å². The Bertz CT molecular complexity index is 1000. The Labute approximate surface area is 182 Å². The maximum absolute atomic E-state index is 13.1. The number of likely N-dealkylation sites (N-methyl/N-ethyl adjacent to an activating group) is 1. The van der Waals surface area contributed by atoms with E-state index in [4.69, 9.17) is 4.74 Å². The fraction of sp³-hybridized carbons (Fsp3) is 0.435. The Kier molecular flexibility index (Phi) is 6.50. The SMILES string of the molecule is Cc1n[nH]c(C)c1C(O)=C1C(=O)C(=O)N(CCN(C)C)[C@@H]1c1cccc(OC(C)C)c1. The molecular weight excluding hydrogens is 396 g/mol. The lowest BCUT2D eigenvalue weighted by Crippen LogP contribution is -2.35. The third kappa shape index (κ3) is 4.49. The number of hydrogen-bond donors (Lipinski definition) is 2.